The van der Waals surface area contributed by atoms with Gasteiger partial charge in [-0.15, -0.1) is 0 Å². The minimum absolute atomic E-state index is 0.313. The van der Waals surface area contributed by atoms with E-state index in [1.165, 1.54) is 0 Å². The van der Waals surface area contributed by atoms with Gasteiger partial charge in [-0.05, 0) is 82.8 Å². The molecule has 0 atom stereocenters. The van der Waals surface area contributed by atoms with Crippen molar-refractivity contribution in [3.63, 3.8) is 0 Å². The van der Waals surface area contributed by atoms with Crippen molar-refractivity contribution in [2.45, 2.75) is 57.9 Å². The van der Waals surface area contributed by atoms with Crippen LogP contribution in [0.4, 0.5) is 0 Å². The zero-order valence-corrected chi connectivity index (χ0v) is 16.7. The molecule has 1 fully saturated rings. The second kappa shape index (κ2) is 9.01. The molecule has 5 nitrogen and oxygen atoms in total. The summed E-state index contributed by atoms with van der Waals surface area (Å²) in [5.74, 6) is 1.17. The van der Waals surface area contributed by atoms with Gasteiger partial charge in [0.25, 0.3) is 0 Å². The molecule has 1 aliphatic heterocycles. The van der Waals surface area contributed by atoms with Crippen LogP contribution in [0.15, 0.2) is 23.1 Å². The fourth-order valence-corrected chi connectivity index (χ4v) is 4.35. The molecular formula is C19H32N2O3S. The van der Waals surface area contributed by atoms with Crippen LogP contribution >= 0.6 is 0 Å². The Hall–Kier alpha value is -1.11. The number of hydrogen-bond donors (Lipinski definition) is 1. The van der Waals surface area contributed by atoms with E-state index in [1.54, 1.807) is 18.2 Å². The van der Waals surface area contributed by atoms with Crippen LogP contribution in [0, 0.1) is 12.8 Å². The van der Waals surface area contributed by atoms with Gasteiger partial charge in [-0.2, -0.15) is 0 Å². The fraction of sp³-hybridized carbons (Fsp3) is 0.684. The molecule has 1 aromatic rings. The zero-order chi connectivity index (χ0) is 18.4. The van der Waals surface area contributed by atoms with Gasteiger partial charge in [0.2, 0.25) is 10.0 Å². The molecule has 1 saturated heterocycles. The maximum Gasteiger partial charge on any atom is 0.240 e. The summed E-state index contributed by atoms with van der Waals surface area (Å²) in [7, 11) is -3.47. The van der Waals surface area contributed by atoms with Crippen molar-refractivity contribution in [2.24, 2.45) is 5.92 Å². The lowest BCUT2D eigenvalue weighted by Crippen LogP contribution is -2.41. The highest BCUT2D eigenvalue weighted by Gasteiger charge is 2.23. The second-order valence-electron chi connectivity index (χ2n) is 7.20. The summed E-state index contributed by atoms with van der Waals surface area (Å²) in [6.45, 7) is 11.6. The fourth-order valence-electron chi connectivity index (χ4n) is 3.15. The van der Waals surface area contributed by atoms with Crippen molar-refractivity contribution in [3.05, 3.63) is 23.8 Å². The summed E-state index contributed by atoms with van der Waals surface area (Å²) in [6.07, 6.45) is 3.02. The van der Waals surface area contributed by atoms with E-state index in [2.05, 4.69) is 23.5 Å². The standard InChI is InChI=1S/C19H32N2O3S/c1-5-12-24-19-7-6-18(13-16(19)4)25(22,23)20-14-17-8-10-21(11-9-17)15(2)3/h6-7,13,15,17,20H,5,8-12,14H2,1-4H3. The number of benzene rings is 1. The molecular weight excluding hydrogens is 336 g/mol. The third kappa shape index (κ3) is 5.69. The van der Waals surface area contributed by atoms with E-state index >= 15 is 0 Å². The highest BCUT2D eigenvalue weighted by molar-refractivity contribution is 7.89. The number of nitrogens with one attached hydrogen (secondary N) is 1. The number of sulfonamides is 1. The second-order valence-corrected chi connectivity index (χ2v) is 8.97. The molecule has 0 unspecified atom stereocenters. The molecule has 0 aliphatic carbocycles. The molecule has 2 rings (SSSR count). The molecule has 0 radical (unpaired) electrons. The van der Waals surface area contributed by atoms with E-state index < -0.39 is 10.0 Å². The van der Waals surface area contributed by atoms with Crippen LogP contribution in [0.1, 0.15) is 45.6 Å². The predicted molar refractivity (Wildman–Crippen MR) is 102 cm³/mol. The van der Waals surface area contributed by atoms with Gasteiger partial charge in [0.15, 0.2) is 0 Å². The minimum atomic E-state index is -3.47. The molecule has 0 saturated carbocycles. The molecule has 25 heavy (non-hydrogen) atoms. The average molecular weight is 369 g/mol. The van der Waals surface area contributed by atoms with Crippen molar-refractivity contribution < 1.29 is 13.2 Å². The van der Waals surface area contributed by atoms with Gasteiger partial charge in [0, 0.05) is 12.6 Å². The Morgan fingerprint density at radius 3 is 2.52 bits per heavy atom. The van der Waals surface area contributed by atoms with Gasteiger partial charge < -0.3 is 9.64 Å². The highest BCUT2D eigenvalue weighted by Crippen LogP contribution is 2.23. The van der Waals surface area contributed by atoms with Crippen molar-refractivity contribution in [1.82, 2.24) is 9.62 Å². The van der Waals surface area contributed by atoms with E-state index in [0.717, 1.165) is 43.7 Å². The van der Waals surface area contributed by atoms with E-state index in [1.807, 2.05) is 13.8 Å². The van der Waals surface area contributed by atoms with Gasteiger partial charge in [0.05, 0.1) is 11.5 Å². The van der Waals surface area contributed by atoms with Crippen molar-refractivity contribution >= 4 is 10.0 Å². The lowest BCUT2D eigenvalue weighted by atomic mass is 9.96. The first-order valence-electron chi connectivity index (χ1n) is 9.30. The van der Waals surface area contributed by atoms with Crippen LogP contribution in [0.3, 0.4) is 0 Å². The molecule has 1 N–H and O–H groups in total. The molecule has 0 aromatic heterocycles. The Balaban J connectivity index is 1.92. The first-order valence-corrected chi connectivity index (χ1v) is 10.8. The first-order chi connectivity index (χ1) is 11.8. The highest BCUT2D eigenvalue weighted by atomic mass is 32.2. The lowest BCUT2D eigenvalue weighted by Gasteiger charge is -2.34. The van der Waals surface area contributed by atoms with Gasteiger partial charge in [-0.1, -0.05) is 6.92 Å². The molecule has 0 bridgehead atoms. The third-order valence-electron chi connectivity index (χ3n) is 4.86. The topological polar surface area (TPSA) is 58.6 Å². The summed E-state index contributed by atoms with van der Waals surface area (Å²) >= 11 is 0. The number of ether oxygens (including phenoxy) is 1. The van der Waals surface area contributed by atoms with E-state index in [-0.39, 0.29) is 0 Å². The minimum Gasteiger partial charge on any atom is -0.493 e. The zero-order valence-electron chi connectivity index (χ0n) is 15.9. The van der Waals surface area contributed by atoms with Gasteiger partial charge >= 0.3 is 0 Å². The molecule has 1 heterocycles. The first kappa shape index (κ1) is 20.2. The molecule has 142 valence electrons. The lowest BCUT2D eigenvalue weighted by molar-refractivity contribution is 0.151. The Morgan fingerprint density at radius 1 is 1.28 bits per heavy atom. The SMILES string of the molecule is CCCOc1ccc(S(=O)(=O)NCC2CCN(C(C)C)CC2)cc1C. The maximum atomic E-state index is 12.6. The number of piperidine rings is 1. The number of likely N-dealkylation sites (tertiary alicyclic amines) is 1. The van der Waals surface area contributed by atoms with Crippen molar-refractivity contribution in [1.29, 1.82) is 0 Å². The van der Waals surface area contributed by atoms with Crippen LogP contribution in [-0.4, -0.2) is 45.6 Å². The van der Waals surface area contributed by atoms with E-state index in [9.17, 15) is 8.42 Å². The van der Waals surface area contributed by atoms with Crippen LogP contribution in [0.2, 0.25) is 0 Å². The van der Waals surface area contributed by atoms with Crippen LogP contribution in [0.5, 0.6) is 5.75 Å². The summed E-state index contributed by atoms with van der Waals surface area (Å²) in [6, 6.07) is 5.63. The van der Waals surface area contributed by atoms with Gasteiger partial charge in [-0.25, -0.2) is 13.1 Å². The summed E-state index contributed by atoms with van der Waals surface area (Å²) < 4.78 is 33.5. The van der Waals surface area contributed by atoms with Crippen LogP contribution in [0.25, 0.3) is 0 Å². The summed E-state index contributed by atoms with van der Waals surface area (Å²) in [4.78, 5) is 2.76. The number of nitrogens with zero attached hydrogens (tertiary/aromatic N) is 1. The number of hydrogen-bond acceptors (Lipinski definition) is 4. The molecule has 6 heteroatoms. The predicted octanol–water partition coefficient (Wildman–Crippen LogP) is 3.18. The Bertz CT molecular complexity index is 651. The summed E-state index contributed by atoms with van der Waals surface area (Å²) in [5, 5.41) is 0. The average Bonchev–Trinajstić information content (AvgIpc) is 2.59. The Morgan fingerprint density at radius 2 is 1.96 bits per heavy atom. The van der Waals surface area contributed by atoms with Crippen molar-refractivity contribution in [3.8, 4) is 5.75 Å². The van der Waals surface area contributed by atoms with Gasteiger partial charge in [0.1, 0.15) is 5.75 Å². The molecule has 0 spiro atoms. The van der Waals surface area contributed by atoms with Crippen LogP contribution < -0.4 is 9.46 Å². The normalized spacial score (nSPS) is 17.2. The third-order valence-corrected chi connectivity index (χ3v) is 6.28. The quantitative estimate of drug-likeness (QED) is 0.766. The summed E-state index contributed by atoms with van der Waals surface area (Å²) in [5.41, 5.74) is 0.849. The number of aryl methyl sites for hydroxylation is 1. The monoisotopic (exact) mass is 368 g/mol. The molecule has 1 aromatic carbocycles. The smallest absolute Gasteiger partial charge is 0.240 e. The Labute approximate surface area is 152 Å². The van der Waals surface area contributed by atoms with E-state index in [0.29, 0.717) is 30.0 Å². The molecule has 1 aliphatic rings. The maximum absolute atomic E-state index is 12.6. The van der Waals surface area contributed by atoms with Gasteiger partial charge in [-0.3, -0.25) is 0 Å². The largest absolute Gasteiger partial charge is 0.493 e. The van der Waals surface area contributed by atoms with Crippen molar-refractivity contribution in [2.75, 3.05) is 26.2 Å². The molecule has 0 amide bonds. The Kier molecular flexibility index (Phi) is 7.28. The van der Waals surface area contributed by atoms with Crippen LogP contribution in [-0.2, 0) is 10.0 Å². The van der Waals surface area contributed by atoms with E-state index in [4.69, 9.17) is 4.74 Å². The number of rotatable bonds is 8.